The third kappa shape index (κ3) is 4.67. The van der Waals surface area contributed by atoms with Crippen LogP contribution in [0.4, 0.5) is 11.4 Å². The molecule has 1 aliphatic rings. The summed E-state index contributed by atoms with van der Waals surface area (Å²) in [4.78, 5) is 40.9. The molecule has 9 heteroatoms. The molecule has 0 bridgehead atoms. The van der Waals surface area contributed by atoms with E-state index in [1.807, 2.05) is 36.3 Å². The minimum absolute atomic E-state index is 0.181. The Labute approximate surface area is 198 Å². The lowest BCUT2D eigenvalue weighted by Crippen LogP contribution is -2.58. The third-order valence-electron chi connectivity index (χ3n) is 5.74. The van der Waals surface area contributed by atoms with Gasteiger partial charge in [0.25, 0.3) is 5.91 Å². The highest BCUT2D eigenvalue weighted by Crippen LogP contribution is 2.46. The predicted octanol–water partition coefficient (Wildman–Crippen LogP) is 3.38. The monoisotopic (exact) mass is 473 g/mol. The molecule has 0 spiro atoms. The number of hydrogen-bond acceptors (Lipinski definition) is 7. The number of para-hydroxylation sites is 1. The number of hydrazine groups is 1. The zero-order valence-electron chi connectivity index (χ0n) is 19.2. The summed E-state index contributed by atoms with van der Waals surface area (Å²) in [5, 5.41) is 4.02. The second-order valence-electron chi connectivity index (χ2n) is 7.58. The van der Waals surface area contributed by atoms with Gasteiger partial charge in [-0.25, -0.2) is 5.01 Å². The number of benzene rings is 2. The lowest BCUT2D eigenvalue weighted by molar-refractivity contribution is -0.151. The van der Waals surface area contributed by atoms with E-state index in [4.69, 9.17) is 21.1 Å². The molecule has 0 N–H and O–H groups in total. The number of ether oxygens (including phenoxy) is 2. The Bertz CT molecular complexity index is 1030. The molecule has 1 heterocycles. The van der Waals surface area contributed by atoms with Crippen LogP contribution in [0.5, 0.6) is 0 Å². The van der Waals surface area contributed by atoms with Gasteiger partial charge in [0, 0.05) is 30.4 Å². The molecule has 0 aliphatic carbocycles. The number of fused-ring (bicyclic) bond motifs is 1. The highest BCUT2D eigenvalue weighted by Gasteiger charge is 2.55. The van der Waals surface area contributed by atoms with E-state index in [-0.39, 0.29) is 26.2 Å². The normalized spacial score (nSPS) is 17.4. The molecule has 1 amide bonds. The third-order valence-corrected chi connectivity index (χ3v) is 5.99. The summed E-state index contributed by atoms with van der Waals surface area (Å²) in [6, 6.07) is 14.0. The van der Waals surface area contributed by atoms with Crippen molar-refractivity contribution < 1.29 is 23.9 Å². The zero-order chi connectivity index (χ0) is 24.2. The number of rotatable bonds is 8. The van der Waals surface area contributed by atoms with Gasteiger partial charge in [0.05, 0.1) is 25.3 Å². The Kier molecular flexibility index (Phi) is 7.61. The van der Waals surface area contributed by atoms with E-state index in [9.17, 15) is 14.4 Å². The lowest BCUT2D eigenvalue weighted by Gasteiger charge is -2.40. The van der Waals surface area contributed by atoms with Gasteiger partial charge in [0.1, 0.15) is 6.54 Å². The van der Waals surface area contributed by atoms with Crippen molar-refractivity contribution in [3.8, 4) is 0 Å². The number of anilines is 2. The van der Waals surface area contributed by atoms with Crippen LogP contribution in [0.3, 0.4) is 0 Å². The molecule has 1 unspecified atom stereocenters. The highest BCUT2D eigenvalue weighted by atomic mass is 35.5. The number of esters is 2. The molecular weight excluding hydrogens is 446 g/mol. The van der Waals surface area contributed by atoms with Gasteiger partial charge in [0.2, 0.25) is 0 Å². The molecule has 1 atom stereocenters. The molecule has 176 valence electrons. The van der Waals surface area contributed by atoms with E-state index in [2.05, 4.69) is 0 Å². The average Bonchev–Trinajstić information content (AvgIpc) is 3.01. The topological polar surface area (TPSA) is 79.4 Å². The first-order chi connectivity index (χ1) is 15.8. The van der Waals surface area contributed by atoms with Crippen molar-refractivity contribution in [2.75, 3.05) is 43.8 Å². The number of carbonyl (C=O) groups excluding carboxylic acids is 3. The van der Waals surface area contributed by atoms with Crippen molar-refractivity contribution >= 4 is 40.8 Å². The van der Waals surface area contributed by atoms with Crippen molar-refractivity contribution in [2.24, 2.45) is 0 Å². The first-order valence-corrected chi connectivity index (χ1v) is 11.1. The minimum atomic E-state index is -1.43. The fourth-order valence-corrected chi connectivity index (χ4v) is 4.24. The van der Waals surface area contributed by atoms with Gasteiger partial charge in [-0.3, -0.25) is 19.3 Å². The highest BCUT2D eigenvalue weighted by molar-refractivity contribution is 6.30. The average molecular weight is 474 g/mol. The van der Waals surface area contributed by atoms with Gasteiger partial charge in [-0.1, -0.05) is 29.8 Å². The van der Waals surface area contributed by atoms with Gasteiger partial charge in [-0.2, -0.15) is 0 Å². The number of hydrogen-bond donors (Lipinski definition) is 0. The summed E-state index contributed by atoms with van der Waals surface area (Å²) < 4.78 is 10.4. The first kappa shape index (κ1) is 24.5. The fraction of sp³-hybridized carbons (Fsp3) is 0.375. The number of amides is 1. The standard InChI is InChI=1S/C24H28ClN3O5/c1-5-32-21(29)15-24(19-9-7-8-10-20(19)26(3)27(24)4)23(31)28(16-22(30)33-6-2)18-13-11-17(25)12-14-18/h7-14H,5-6,15-16H2,1-4H3. The van der Waals surface area contributed by atoms with Crippen LogP contribution < -0.4 is 9.91 Å². The van der Waals surface area contributed by atoms with Crippen molar-refractivity contribution in [2.45, 2.75) is 25.8 Å². The molecule has 1 aliphatic heterocycles. The van der Waals surface area contributed by atoms with Crippen molar-refractivity contribution in [3.63, 3.8) is 0 Å². The van der Waals surface area contributed by atoms with E-state index in [0.29, 0.717) is 16.3 Å². The summed E-state index contributed by atoms with van der Waals surface area (Å²) in [7, 11) is 3.55. The molecule has 33 heavy (non-hydrogen) atoms. The SMILES string of the molecule is CCOC(=O)CN(C(=O)C1(CC(=O)OCC)c2ccccc2N(C)N1C)c1ccc(Cl)cc1. The summed E-state index contributed by atoms with van der Waals surface area (Å²) in [5.74, 6) is -1.53. The Morgan fingerprint density at radius 1 is 0.939 bits per heavy atom. The first-order valence-electron chi connectivity index (χ1n) is 10.7. The summed E-state index contributed by atoms with van der Waals surface area (Å²) in [6.07, 6.45) is -0.232. The van der Waals surface area contributed by atoms with Crippen LogP contribution in [0.2, 0.25) is 5.02 Å². The summed E-state index contributed by atoms with van der Waals surface area (Å²) in [5.41, 5.74) is 0.464. The largest absolute Gasteiger partial charge is 0.466 e. The number of halogens is 1. The van der Waals surface area contributed by atoms with Crippen LogP contribution in [0, 0.1) is 0 Å². The van der Waals surface area contributed by atoms with Gasteiger partial charge < -0.3 is 14.5 Å². The maximum Gasteiger partial charge on any atom is 0.326 e. The Morgan fingerprint density at radius 3 is 2.18 bits per heavy atom. The molecule has 0 saturated carbocycles. The molecular formula is C24H28ClN3O5. The molecule has 8 nitrogen and oxygen atoms in total. The molecule has 2 aromatic rings. The Hall–Kier alpha value is -3.10. The van der Waals surface area contributed by atoms with Crippen LogP contribution in [0.1, 0.15) is 25.8 Å². The van der Waals surface area contributed by atoms with Gasteiger partial charge in [-0.05, 0) is 44.2 Å². The lowest BCUT2D eigenvalue weighted by atomic mass is 9.84. The van der Waals surface area contributed by atoms with Crippen LogP contribution in [-0.2, 0) is 29.4 Å². The second-order valence-corrected chi connectivity index (χ2v) is 8.02. The quantitative estimate of drug-likeness (QED) is 0.544. The Balaban J connectivity index is 2.16. The summed E-state index contributed by atoms with van der Waals surface area (Å²) >= 11 is 6.05. The number of carbonyl (C=O) groups is 3. The van der Waals surface area contributed by atoms with E-state index in [1.54, 1.807) is 50.2 Å². The molecule has 2 aromatic carbocycles. The zero-order valence-corrected chi connectivity index (χ0v) is 20.0. The summed E-state index contributed by atoms with van der Waals surface area (Å²) in [6.45, 7) is 3.46. The minimum Gasteiger partial charge on any atom is -0.466 e. The van der Waals surface area contributed by atoms with E-state index >= 15 is 0 Å². The number of likely N-dealkylation sites (N-methyl/N-ethyl adjacent to an activating group) is 1. The van der Waals surface area contributed by atoms with Gasteiger partial charge in [-0.15, -0.1) is 0 Å². The van der Waals surface area contributed by atoms with Crippen molar-refractivity contribution in [1.29, 1.82) is 0 Å². The van der Waals surface area contributed by atoms with E-state index < -0.39 is 23.4 Å². The number of nitrogens with zero attached hydrogens (tertiary/aromatic N) is 3. The molecule has 0 aromatic heterocycles. The van der Waals surface area contributed by atoms with Gasteiger partial charge >= 0.3 is 11.9 Å². The fourth-order valence-electron chi connectivity index (χ4n) is 4.12. The van der Waals surface area contributed by atoms with Crippen LogP contribution >= 0.6 is 11.6 Å². The van der Waals surface area contributed by atoms with Gasteiger partial charge in [0.15, 0.2) is 5.54 Å². The predicted molar refractivity (Wildman–Crippen MR) is 126 cm³/mol. The molecule has 3 rings (SSSR count). The van der Waals surface area contributed by atoms with Crippen LogP contribution in [0.25, 0.3) is 0 Å². The maximum atomic E-state index is 14.4. The maximum absolute atomic E-state index is 14.4. The Morgan fingerprint density at radius 2 is 1.55 bits per heavy atom. The van der Waals surface area contributed by atoms with E-state index in [1.165, 1.54) is 4.90 Å². The molecule has 0 fully saturated rings. The molecule has 0 radical (unpaired) electrons. The van der Waals surface area contributed by atoms with Crippen molar-refractivity contribution in [1.82, 2.24) is 5.01 Å². The van der Waals surface area contributed by atoms with Crippen LogP contribution in [0.15, 0.2) is 48.5 Å². The van der Waals surface area contributed by atoms with Crippen molar-refractivity contribution in [3.05, 3.63) is 59.1 Å². The molecule has 0 saturated heterocycles. The smallest absolute Gasteiger partial charge is 0.326 e. The second kappa shape index (κ2) is 10.2. The van der Waals surface area contributed by atoms with E-state index in [0.717, 1.165) is 5.69 Å². The van der Waals surface area contributed by atoms with Crippen LogP contribution in [-0.4, -0.2) is 56.7 Å².